The van der Waals surface area contributed by atoms with E-state index >= 15 is 0 Å². The van der Waals surface area contributed by atoms with Crippen LogP contribution in [0.2, 0.25) is 0 Å². The quantitative estimate of drug-likeness (QED) is 0.827. The van der Waals surface area contributed by atoms with Crippen molar-refractivity contribution in [2.75, 3.05) is 7.11 Å². The van der Waals surface area contributed by atoms with Crippen LogP contribution in [0.1, 0.15) is 30.0 Å². The predicted octanol–water partition coefficient (Wildman–Crippen LogP) is 2.80. The molecular formula is C19H22N2O2. The van der Waals surface area contributed by atoms with Gasteiger partial charge in [0.25, 0.3) is 0 Å². The van der Waals surface area contributed by atoms with Gasteiger partial charge in [-0.25, -0.2) is 0 Å². The normalized spacial score (nSPS) is 15.0. The third-order valence-corrected chi connectivity index (χ3v) is 3.96. The van der Waals surface area contributed by atoms with Gasteiger partial charge in [0.15, 0.2) is 0 Å². The summed E-state index contributed by atoms with van der Waals surface area (Å²) in [5, 5.41) is 6.45. The molecule has 4 heteroatoms. The van der Waals surface area contributed by atoms with E-state index in [0.717, 1.165) is 29.7 Å². The summed E-state index contributed by atoms with van der Waals surface area (Å²) in [5.74, 6) is 0.865. The van der Waals surface area contributed by atoms with Gasteiger partial charge >= 0.3 is 0 Å². The van der Waals surface area contributed by atoms with Crippen LogP contribution in [0, 0.1) is 0 Å². The fraction of sp³-hybridized carbons (Fsp3) is 0.316. The first-order chi connectivity index (χ1) is 11.3. The lowest BCUT2D eigenvalue weighted by molar-refractivity contribution is -0.123. The number of nitrogens with one attached hydrogen (secondary N) is 2. The van der Waals surface area contributed by atoms with Crippen molar-refractivity contribution >= 4 is 5.91 Å². The first-order valence-corrected chi connectivity index (χ1v) is 7.98. The lowest BCUT2D eigenvalue weighted by atomic mass is 10.1. The van der Waals surface area contributed by atoms with Crippen LogP contribution in [-0.2, 0) is 11.3 Å². The molecule has 1 atom stereocenters. The molecule has 23 heavy (non-hydrogen) atoms. The SMILES string of the molecule is COc1cccc(CN[C@H](C(=O)NC2CC2)c2ccccc2)c1. The molecule has 2 N–H and O–H groups in total. The van der Waals surface area contributed by atoms with E-state index in [1.54, 1.807) is 7.11 Å². The summed E-state index contributed by atoms with van der Waals surface area (Å²) >= 11 is 0. The molecule has 1 aliphatic carbocycles. The van der Waals surface area contributed by atoms with E-state index in [1.807, 2.05) is 54.6 Å². The topological polar surface area (TPSA) is 50.4 Å². The molecule has 0 bridgehead atoms. The van der Waals surface area contributed by atoms with E-state index in [-0.39, 0.29) is 11.9 Å². The molecule has 1 aliphatic rings. The lowest BCUT2D eigenvalue weighted by Gasteiger charge is -2.19. The minimum Gasteiger partial charge on any atom is -0.497 e. The molecule has 0 spiro atoms. The molecule has 120 valence electrons. The average molecular weight is 310 g/mol. The minimum atomic E-state index is -0.344. The Bertz CT molecular complexity index is 653. The third-order valence-electron chi connectivity index (χ3n) is 3.96. The number of carbonyl (C=O) groups is 1. The molecule has 0 heterocycles. The van der Waals surface area contributed by atoms with Crippen molar-refractivity contribution in [2.45, 2.75) is 31.5 Å². The third kappa shape index (κ3) is 4.33. The van der Waals surface area contributed by atoms with Gasteiger partial charge < -0.3 is 10.1 Å². The molecule has 1 fully saturated rings. The van der Waals surface area contributed by atoms with E-state index in [4.69, 9.17) is 4.74 Å². The molecular weight excluding hydrogens is 288 g/mol. The Kier molecular flexibility index (Phi) is 4.93. The maximum Gasteiger partial charge on any atom is 0.241 e. The maximum absolute atomic E-state index is 12.5. The van der Waals surface area contributed by atoms with Gasteiger partial charge in [-0.2, -0.15) is 0 Å². The number of carbonyl (C=O) groups excluding carboxylic acids is 1. The molecule has 3 rings (SSSR count). The maximum atomic E-state index is 12.5. The van der Waals surface area contributed by atoms with Crippen molar-refractivity contribution in [2.24, 2.45) is 0 Å². The van der Waals surface area contributed by atoms with Crippen molar-refractivity contribution in [3.63, 3.8) is 0 Å². The van der Waals surface area contributed by atoms with Crippen molar-refractivity contribution in [1.29, 1.82) is 0 Å². The Morgan fingerprint density at radius 2 is 1.96 bits per heavy atom. The van der Waals surface area contributed by atoms with Crippen LogP contribution in [0.5, 0.6) is 5.75 Å². The molecule has 0 saturated heterocycles. The van der Waals surface area contributed by atoms with Crippen LogP contribution in [0.4, 0.5) is 0 Å². The monoisotopic (exact) mass is 310 g/mol. The van der Waals surface area contributed by atoms with E-state index in [9.17, 15) is 4.79 Å². The van der Waals surface area contributed by atoms with E-state index in [1.165, 1.54) is 0 Å². The summed E-state index contributed by atoms with van der Waals surface area (Å²) in [5.41, 5.74) is 2.07. The van der Waals surface area contributed by atoms with E-state index < -0.39 is 0 Å². The second-order valence-electron chi connectivity index (χ2n) is 5.86. The van der Waals surface area contributed by atoms with Crippen LogP contribution in [0.25, 0.3) is 0 Å². The number of benzene rings is 2. The van der Waals surface area contributed by atoms with E-state index in [2.05, 4.69) is 10.6 Å². The summed E-state index contributed by atoms with van der Waals surface area (Å²) in [4.78, 5) is 12.5. The van der Waals surface area contributed by atoms with Gasteiger partial charge in [-0.3, -0.25) is 10.1 Å². The molecule has 0 aliphatic heterocycles. The van der Waals surface area contributed by atoms with Gasteiger partial charge in [0.05, 0.1) is 7.11 Å². The van der Waals surface area contributed by atoms with Gasteiger partial charge in [0.2, 0.25) is 5.91 Å². The Morgan fingerprint density at radius 3 is 2.65 bits per heavy atom. The summed E-state index contributed by atoms with van der Waals surface area (Å²) in [6.07, 6.45) is 2.17. The fourth-order valence-corrected chi connectivity index (χ4v) is 2.52. The zero-order valence-electron chi connectivity index (χ0n) is 13.3. The van der Waals surface area contributed by atoms with Crippen LogP contribution in [0.3, 0.4) is 0 Å². The van der Waals surface area contributed by atoms with Crippen LogP contribution in [0.15, 0.2) is 54.6 Å². The Labute approximate surface area is 136 Å². The summed E-state index contributed by atoms with van der Waals surface area (Å²) < 4.78 is 5.25. The fourth-order valence-electron chi connectivity index (χ4n) is 2.52. The smallest absolute Gasteiger partial charge is 0.241 e. The second-order valence-corrected chi connectivity index (χ2v) is 5.86. The largest absolute Gasteiger partial charge is 0.497 e. The molecule has 1 saturated carbocycles. The molecule has 2 aromatic carbocycles. The van der Waals surface area contributed by atoms with Gasteiger partial charge in [-0.1, -0.05) is 42.5 Å². The van der Waals surface area contributed by atoms with Crippen molar-refractivity contribution in [3.8, 4) is 5.75 Å². The van der Waals surface area contributed by atoms with Gasteiger partial charge in [-0.05, 0) is 36.1 Å². The molecule has 1 amide bonds. The highest BCUT2D eigenvalue weighted by molar-refractivity contribution is 5.83. The molecule has 0 unspecified atom stereocenters. The second kappa shape index (κ2) is 7.29. The highest BCUT2D eigenvalue weighted by atomic mass is 16.5. The number of ether oxygens (including phenoxy) is 1. The minimum absolute atomic E-state index is 0.0431. The molecule has 2 aromatic rings. The zero-order chi connectivity index (χ0) is 16.1. The summed E-state index contributed by atoms with van der Waals surface area (Å²) in [6.45, 7) is 0.606. The molecule has 0 aromatic heterocycles. The van der Waals surface area contributed by atoms with E-state index in [0.29, 0.717) is 12.6 Å². The Hall–Kier alpha value is -2.33. The molecule has 4 nitrogen and oxygen atoms in total. The first kappa shape index (κ1) is 15.6. The summed E-state index contributed by atoms with van der Waals surface area (Å²) in [6, 6.07) is 17.7. The first-order valence-electron chi connectivity index (χ1n) is 7.98. The van der Waals surface area contributed by atoms with Crippen LogP contribution in [-0.4, -0.2) is 19.1 Å². The number of methoxy groups -OCH3 is 1. The standard InChI is InChI=1S/C19H22N2O2/c1-23-17-9-5-6-14(12-17)13-20-18(15-7-3-2-4-8-15)19(22)21-16-10-11-16/h2-9,12,16,18,20H,10-11,13H2,1H3,(H,21,22)/t18-/m0/s1. The number of hydrogen-bond acceptors (Lipinski definition) is 3. The van der Waals surface area contributed by atoms with Crippen molar-refractivity contribution in [1.82, 2.24) is 10.6 Å². The Balaban J connectivity index is 1.71. The van der Waals surface area contributed by atoms with Crippen LogP contribution >= 0.6 is 0 Å². The molecule has 0 radical (unpaired) electrons. The summed E-state index contributed by atoms with van der Waals surface area (Å²) in [7, 11) is 1.66. The average Bonchev–Trinajstić information content (AvgIpc) is 3.40. The van der Waals surface area contributed by atoms with Crippen LogP contribution < -0.4 is 15.4 Å². The Morgan fingerprint density at radius 1 is 1.17 bits per heavy atom. The highest BCUT2D eigenvalue weighted by Crippen LogP contribution is 2.22. The predicted molar refractivity (Wildman–Crippen MR) is 90.2 cm³/mol. The highest BCUT2D eigenvalue weighted by Gasteiger charge is 2.28. The number of rotatable bonds is 7. The lowest BCUT2D eigenvalue weighted by Crippen LogP contribution is -2.38. The van der Waals surface area contributed by atoms with Gasteiger partial charge in [0, 0.05) is 12.6 Å². The van der Waals surface area contributed by atoms with Crippen molar-refractivity contribution < 1.29 is 9.53 Å². The van der Waals surface area contributed by atoms with Crippen molar-refractivity contribution in [3.05, 3.63) is 65.7 Å². The zero-order valence-corrected chi connectivity index (χ0v) is 13.3. The number of amides is 1. The number of hydrogen-bond donors (Lipinski definition) is 2. The van der Waals surface area contributed by atoms with Gasteiger partial charge in [-0.15, -0.1) is 0 Å². The van der Waals surface area contributed by atoms with Gasteiger partial charge in [0.1, 0.15) is 11.8 Å².